The number of ether oxygens (including phenoxy) is 2. The highest BCUT2D eigenvalue weighted by Gasteiger charge is 2.01. The van der Waals surface area contributed by atoms with Gasteiger partial charge in [0.1, 0.15) is 5.75 Å². The van der Waals surface area contributed by atoms with E-state index in [1.807, 2.05) is 6.07 Å². The van der Waals surface area contributed by atoms with Crippen LogP contribution in [0.2, 0.25) is 0 Å². The van der Waals surface area contributed by atoms with E-state index >= 15 is 0 Å². The summed E-state index contributed by atoms with van der Waals surface area (Å²) in [7, 11) is 1.44. The minimum Gasteiger partial charge on any atom is -0.494 e. The average molecular weight is 433 g/mol. The minimum atomic E-state index is -0.123. The van der Waals surface area contributed by atoms with Gasteiger partial charge >= 0.3 is 5.97 Å². The van der Waals surface area contributed by atoms with Gasteiger partial charge in [0.05, 0.1) is 13.7 Å². The predicted octanol–water partition coefficient (Wildman–Crippen LogP) is 8.43. The lowest BCUT2D eigenvalue weighted by Crippen LogP contribution is -2.01. The van der Waals surface area contributed by atoms with E-state index in [-0.39, 0.29) is 5.97 Å². The first-order valence-electron chi connectivity index (χ1n) is 13.0. The highest BCUT2D eigenvalue weighted by molar-refractivity contribution is 5.68. The molecule has 0 fully saturated rings. The maximum absolute atomic E-state index is 11.1. The molecule has 0 aromatic heterocycles. The van der Waals surface area contributed by atoms with Crippen LogP contribution in [-0.4, -0.2) is 19.7 Å². The van der Waals surface area contributed by atoms with Gasteiger partial charge in [0.25, 0.3) is 0 Å². The molecule has 0 heterocycles. The summed E-state index contributed by atoms with van der Waals surface area (Å²) in [6.45, 7) is 3.00. The molecule has 31 heavy (non-hydrogen) atoms. The van der Waals surface area contributed by atoms with Crippen molar-refractivity contribution in [1.29, 1.82) is 0 Å². The smallest absolute Gasteiger partial charge is 0.305 e. The maximum atomic E-state index is 11.1. The molecule has 1 aromatic rings. The molecule has 0 aliphatic carbocycles. The van der Waals surface area contributed by atoms with E-state index in [2.05, 4.69) is 29.9 Å². The third-order valence-electron chi connectivity index (χ3n) is 5.99. The van der Waals surface area contributed by atoms with Gasteiger partial charge in [-0.2, -0.15) is 0 Å². The number of methoxy groups -OCH3 is 1. The van der Waals surface area contributed by atoms with Gasteiger partial charge < -0.3 is 9.47 Å². The van der Waals surface area contributed by atoms with Crippen LogP contribution in [0.1, 0.15) is 122 Å². The van der Waals surface area contributed by atoms with Crippen molar-refractivity contribution >= 4 is 5.97 Å². The zero-order chi connectivity index (χ0) is 22.4. The van der Waals surface area contributed by atoms with Crippen molar-refractivity contribution < 1.29 is 14.3 Å². The molecule has 0 aliphatic rings. The first-order valence-corrected chi connectivity index (χ1v) is 13.0. The molecule has 0 unspecified atom stereocenters. The number of rotatable bonds is 21. The van der Waals surface area contributed by atoms with Gasteiger partial charge in [0, 0.05) is 6.42 Å². The predicted molar refractivity (Wildman–Crippen MR) is 132 cm³/mol. The van der Waals surface area contributed by atoms with E-state index in [1.165, 1.54) is 96.1 Å². The van der Waals surface area contributed by atoms with Gasteiger partial charge in [0.15, 0.2) is 0 Å². The lowest BCUT2D eigenvalue weighted by Gasteiger charge is -2.08. The Morgan fingerprint density at radius 1 is 0.742 bits per heavy atom. The first-order chi connectivity index (χ1) is 15.3. The van der Waals surface area contributed by atoms with Gasteiger partial charge in [-0.05, 0) is 49.8 Å². The van der Waals surface area contributed by atoms with Crippen molar-refractivity contribution in [1.82, 2.24) is 0 Å². The Hall–Kier alpha value is -1.51. The number of carbonyl (C=O) groups excluding carboxylic acids is 1. The van der Waals surface area contributed by atoms with Crippen LogP contribution < -0.4 is 4.74 Å². The van der Waals surface area contributed by atoms with Crippen LogP contribution in [0.25, 0.3) is 0 Å². The average Bonchev–Trinajstić information content (AvgIpc) is 2.79. The van der Waals surface area contributed by atoms with Crippen LogP contribution in [0.15, 0.2) is 24.3 Å². The number of unbranched alkanes of at least 4 members (excludes halogenated alkanes) is 14. The molecular weight excluding hydrogens is 384 g/mol. The van der Waals surface area contributed by atoms with E-state index in [0.717, 1.165) is 31.4 Å². The Bertz CT molecular complexity index is 541. The fourth-order valence-electron chi connectivity index (χ4n) is 3.98. The van der Waals surface area contributed by atoms with Gasteiger partial charge in [-0.15, -0.1) is 0 Å². The van der Waals surface area contributed by atoms with Crippen LogP contribution in [0.4, 0.5) is 0 Å². The van der Waals surface area contributed by atoms with Crippen LogP contribution in [-0.2, 0) is 16.0 Å². The monoisotopic (exact) mass is 432 g/mol. The molecule has 1 rings (SSSR count). The first kappa shape index (κ1) is 27.5. The maximum Gasteiger partial charge on any atom is 0.305 e. The Kier molecular flexibility index (Phi) is 18.1. The van der Waals surface area contributed by atoms with Crippen LogP contribution in [0.5, 0.6) is 5.75 Å². The summed E-state index contributed by atoms with van der Waals surface area (Å²) >= 11 is 0. The molecule has 0 atom stereocenters. The third kappa shape index (κ3) is 16.8. The van der Waals surface area contributed by atoms with Gasteiger partial charge in [-0.25, -0.2) is 0 Å². The Balaban J connectivity index is 1.96. The molecule has 0 spiro atoms. The number of esters is 1. The number of aryl methyl sites for hydroxylation is 1. The van der Waals surface area contributed by atoms with Gasteiger partial charge in [-0.1, -0.05) is 96.1 Å². The van der Waals surface area contributed by atoms with E-state index in [9.17, 15) is 4.79 Å². The van der Waals surface area contributed by atoms with Crippen LogP contribution in [0, 0.1) is 0 Å². The van der Waals surface area contributed by atoms with Crippen molar-refractivity contribution in [2.75, 3.05) is 13.7 Å². The van der Waals surface area contributed by atoms with Crippen molar-refractivity contribution in [2.24, 2.45) is 0 Å². The van der Waals surface area contributed by atoms with Crippen LogP contribution in [0.3, 0.4) is 0 Å². The molecule has 0 saturated carbocycles. The second-order valence-corrected chi connectivity index (χ2v) is 8.88. The minimum absolute atomic E-state index is 0.123. The molecule has 0 N–H and O–H groups in total. The molecule has 0 aliphatic heterocycles. The van der Waals surface area contributed by atoms with Crippen molar-refractivity contribution in [2.45, 2.75) is 122 Å². The molecule has 3 heteroatoms. The fraction of sp³-hybridized carbons (Fsp3) is 0.750. The fourth-order valence-corrected chi connectivity index (χ4v) is 3.98. The quantitative estimate of drug-likeness (QED) is 0.144. The summed E-state index contributed by atoms with van der Waals surface area (Å²) in [5.41, 5.74) is 1.38. The van der Waals surface area contributed by atoms with Gasteiger partial charge in [-0.3, -0.25) is 4.79 Å². The zero-order valence-electron chi connectivity index (χ0n) is 20.5. The van der Waals surface area contributed by atoms with E-state index < -0.39 is 0 Å². The topological polar surface area (TPSA) is 35.5 Å². The number of hydrogen-bond donors (Lipinski definition) is 0. The molecule has 178 valence electrons. The molecule has 0 amide bonds. The second kappa shape index (κ2) is 20.4. The Morgan fingerprint density at radius 2 is 1.32 bits per heavy atom. The SMILES string of the molecule is CCCCCCCCCCCCCCCc1cccc(OCCCCCC(=O)OC)c1. The molecule has 3 nitrogen and oxygen atoms in total. The largest absolute Gasteiger partial charge is 0.494 e. The summed E-state index contributed by atoms with van der Waals surface area (Å²) in [5, 5.41) is 0. The second-order valence-electron chi connectivity index (χ2n) is 8.88. The lowest BCUT2D eigenvalue weighted by molar-refractivity contribution is -0.140. The molecule has 0 bridgehead atoms. The van der Waals surface area contributed by atoms with Gasteiger partial charge in [0.2, 0.25) is 0 Å². The van der Waals surface area contributed by atoms with E-state index in [0.29, 0.717) is 13.0 Å². The standard InChI is InChI=1S/C28H48O3/c1-3-4-5-6-7-8-9-10-11-12-13-14-16-20-26-21-19-22-27(25-26)31-24-18-15-17-23-28(29)30-2/h19,21-22,25H,3-18,20,23-24H2,1-2H3. The number of benzene rings is 1. The zero-order valence-corrected chi connectivity index (χ0v) is 20.5. The lowest BCUT2D eigenvalue weighted by atomic mass is 10.0. The highest BCUT2D eigenvalue weighted by Crippen LogP contribution is 2.17. The molecule has 0 radical (unpaired) electrons. The molecular formula is C28H48O3. The Morgan fingerprint density at radius 3 is 1.94 bits per heavy atom. The number of hydrogen-bond acceptors (Lipinski definition) is 3. The Labute approximate surface area is 192 Å². The van der Waals surface area contributed by atoms with E-state index in [1.54, 1.807) is 0 Å². The van der Waals surface area contributed by atoms with E-state index in [4.69, 9.17) is 4.74 Å². The number of carbonyl (C=O) groups is 1. The normalized spacial score (nSPS) is 10.9. The summed E-state index contributed by atoms with van der Waals surface area (Å²) < 4.78 is 10.5. The third-order valence-corrected chi connectivity index (χ3v) is 5.99. The molecule has 0 saturated heterocycles. The highest BCUT2D eigenvalue weighted by atomic mass is 16.5. The summed E-state index contributed by atoms with van der Waals surface area (Å²) in [4.78, 5) is 11.1. The van der Waals surface area contributed by atoms with Crippen molar-refractivity contribution in [3.05, 3.63) is 29.8 Å². The molecule has 1 aromatic carbocycles. The van der Waals surface area contributed by atoms with Crippen molar-refractivity contribution in [3.63, 3.8) is 0 Å². The summed E-state index contributed by atoms with van der Waals surface area (Å²) in [6.07, 6.45) is 22.7. The summed E-state index contributed by atoms with van der Waals surface area (Å²) in [5.74, 6) is 0.849. The summed E-state index contributed by atoms with van der Waals surface area (Å²) in [6, 6.07) is 8.55. The van der Waals surface area contributed by atoms with Crippen molar-refractivity contribution in [3.8, 4) is 5.75 Å². The van der Waals surface area contributed by atoms with Crippen LogP contribution >= 0.6 is 0 Å².